The lowest BCUT2D eigenvalue weighted by molar-refractivity contribution is 0.602. The molecule has 0 amide bonds. The molecule has 0 saturated heterocycles. The fraction of sp³-hybridized carbons (Fsp3) is 0.500. The van der Waals surface area contributed by atoms with Crippen molar-refractivity contribution in [3.05, 3.63) is 34.6 Å². The first-order valence-electron chi connectivity index (χ1n) is 5.06. The average molecular weight is 193 g/mol. The van der Waals surface area contributed by atoms with E-state index < -0.39 is 0 Å². The molecule has 0 atom stereocenters. The van der Waals surface area contributed by atoms with Crippen molar-refractivity contribution in [3.63, 3.8) is 0 Å². The predicted molar refractivity (Wildman–Crippen MR) is 55.8 cm³/mol. The van der Waals surface area contributed by atoms with Crippen molar-refractivity contribution >= 4 is 0 Å². The third kappa shape index (κ3) is 1.34. The summed E-state index contributed by atoms with van der Waals surface area (Å²) in [6, 6.07) is 3.67. The fourth-order valence-electron chi connectivity index (χ4n) is 2.10. The molecule has 2 N–H and O–H groups in total. The van der Waals surface area contributed by atoms with E-state index in [-0.39, 0.29) is 11.2 Å². The van der Waals surface area contributed by atoms with E-state index in [1.807, 2.05) is 13.8 Å². The molecule has 1 aliphatic carbocycles. The van der Waals surface area contributed by atoms with Crippen LogP contribution in [0.3, 0.4) is 0 Å². The normalized spacial score (nSPS) is 18.3. The molecule has 0 heterocycles. The molecule has 0 radical (unpaired) electrons. The van der Waals surface area contributed by atoms with E-state index in [1.165, 1.54) is 0 Å². The molecule has 0 aromatic heterocycles. The highest BCUT2D eigenvalue weighted by Gasteiger charge is 2.44. The highest BCUT2D eigenvalue weighted by atomic mass is 19.1. The van der Waals surface area contributed by atoms with Crippen molar-refractivity contribution in [3.8, 4) is 0 Å². The summed E-state index contributed by atoms with van der Waals surface area (Å²) in [6.45, 7) is 4.41. The van der Waals surface area contributed by atoms with Crippen LogP contribution < -0.4 is 5.73 Å². The van der Waals surface area contributed by atoms with Crippen LogP contribution in [-0.4, -0.2) is 6.54 Å². The van der Waals surface area contributed by atoms with Gasteiger partial charge in [0.1, 0.15) is 5.82 Å². The summed E-state index contributed by atoms with van der Waals surface area (Å²) in [5.41, 5.74) is 8.73. The molecular formula is C12H16FN. The minimum Gasteiger partial charge on any atom is -0.330 e. The van der Waals surface area contributed by atoms with Gasteiger partial charge in [0.2, 0.25) is 0 Å². The van der Waals surface area contributed by atoms with Crippen molar-refractivity contribution < 1.29 is 4.39 Å². The SMILES string of the molecule is Cc1cc(F)c(C)c(C2(CN)CC2)c1. The molecule has 1 aromatic carbocycles. The molecule has 1 nitrogen and oxygen atoms in total. The van der Waals surface area contributed by atoms with E-state index in [2.05, 4.69) is 6.07 Å². The number of nitrogens with two attached hydrogens (primary N) is 1. The topological polar surface area (TPSA) is 26.0 Å². The zero-order valence-electron chi connectivity index (χ0n) is 8.73. The highest BCUT2D eigenvalue weighted by molar-refractivity contribution is 5.41. The molecule has 1 saturated carbocycles. The predicted octanol–water partition coefficient (Wildman–Crippen LogP) is 2.43. The van der Waals surface area contributed by atoms with Crippen LogP contribution in [0.4, 0.5) is 4.39 Å². The van der Waals surface area contributed by atoms with E-state index in [1.54, 1.807) is 6.07 Å². The summed E-state index contributed by atoms with van der Waals surface area (Å²) in [5.74, 6) is -0.0975. The fourth-order valence-corrected chi connectivity index (χ4v) is 2.10. The lowest BCUT2D eigenvalue weighted by atomic mass is 9.90. The van der Waals surface area contributed by atoms with Gasteiger partial charge in [0.05, 0.1) is 0 Å². The summed E-state index contributed by atoms with van der Waals surface area (Å²) >= 11 is 0. The first-order chi connectivity index (χ1) is 6.59. The summed E-state index contributed by atoms with van der Waals surface area (Å²) in [6.07, 6.45) is 2.21. The largest absolute Gasteiger partial charge is 0.330 e. The molecule has 0 aliphatic heterocycles. The summed E-state index contributed by atoms with van der Waals surface area (Å²) in [5, 5.41) is 0. The molecule has 0 unspecified atom stereocenters. The van der Waals surface area contributed by atoms with Crippen molar-refractivity contribution in [1.82, 2.24) is 0 Å². The van der Waals surface area contributed by atoms with Crippen molar-refractivity contribution in [1.29, 1.82) is 0 Å². The Morgan fingerprint density at radius 1 is 1.36 bits per heavy atom. The first kappa shape index (κ1) is 9.66. The molecule has 76 valence electrons. The number of benzene rings is 1. The second kappa shape index (κ2) is 3.06. The number of rotatable bonds is 2. The Morgan fingerprint density at radius 3 is 2.50 bits per heavy atom. The maximum Gasteiger partial charge on any atom is 0.126 e. The molecule has 0 spiro atoms. The minimum atomic E-state index is -0.0975. The maximum atomic E-state index is 13.5. The van der Waals surface area contributed by atoms with Crippen LogP contribution in [0.25, 0.3) is 0 Å². The quantitative estimate of drug-likeness (QED) is 0.767. The lowest BCUT2D eigenvalue weighted by Gasteiger charge is -2.17. The Hall–Kier alpha value is -0.890. The second-order valence-electron chi connectivity index (χ2n) is 4.40. The summed E-state index contributed by atoms with van der Waals surface area (Å²) in [4.78, 5) is 0. The van der Waals surface area contributed by atoms with Gasteiger partial charge in [-0.2, -0.15) is 0 Å². The second-order valence-corrected chi connectivity index (χ2v) is 4.40. The van der Waals surface area contributed by atoms with E-state index in [0.717, 1.165) is 29.5 Å². The summed E-state index contributed by atoms with van der Waals surface area (Å²) in [7, 11) is 0. The molecule has 2 heteroatoms. The van der Waals surface area contributed by atoms with Gasteiger partial charge in [0.25, 0.3) is 0 Å². The van der Waals surface area contributed by atoms with Gasteiger partial charge in [-0.25, -0.2) is 4.39 Å². The highest BCUT2D eigenvalue weighted by Crippen LogP contribution is 2.48. The number of aryl methyl sites for hydroxylation is 1. The zero-order chi connectivity index (χ0) is 10.3. The Morgan fingerprint density at radius 2 is 2.00 bits per heavy atom. The monoisotopic (exact) mass is 193 g/mol. The van der Waals surface area contributed by atoms with Gasteiger partial charge in [0.15, 0.2) is 0 Å². The molecular weight excluding hydrogens is 177 g/mol. The molecule has 1 aliphatic rings. The third-order valence-corrected chi connectivity index (χ3v) is 3.30. The van der Waals surface area contributed by atoms with E-state index in [4.69, 9.17) is 5.73 Å². The van der Waals surface area contributed by atoms with Gasteiger partial charge in [-0.1, -0.05) is 6.07 Å². The van der Waals surface area contributed by atoms with E-state index >= 15 is 0 Å². The number of hydrogen-bond donors (Lipinski definition) is 1. The zero-order valence-corrected chi connectivity index (χ0v) is 8.73. The number of hydrogen-bond acceptors (Lipinski definition) is 1. The van der Waals surface area contributed by atoms with Crippen molar-refractivity contribution in [2.45, 2.75) is 32.1 Å². The minimum absolute atomic E-state index is 0.0942. The van der Waals surface area contributed by atoms with Crippen LogP contribution in [0.15, 0.2) is 12.1 Å². The van der Waals surface area contributed by atoms with Crippen LogP contribution in [0, 0.1) is 19.7 Å². The Bertz CT molecular complexity index is 367. The molecule has 2 rings (SSSR count). The van der Waals surface area contributed by atoms with Crippen LogP contribution in [0.1, 0.15) is 29.5 Å². The van der Waals surface area contributed by atoms with Crippen LogP contribution in [0.5, 0.6) is 0 Å². The molecule has 1 aromatic rings. The van der Waals surface area contributed by atoms with E-state index in [0.29, 0.717) is 6.54 Å². The first-order valence-corrected chi connectivity index (χ1v) is 5.06. The summed E-state index contributed by atoms with van der Waals surface area (Å²) < 4.78 is 13.5. The van der Waals surface area contributed by atoms with Crippen LogP contribution >= 0.6 is 0 Å². The van der Waals surface area contributed by atoms with Gasteiger partial charge >= 0.3 is 0 Å². The van der Waals surface area contributed by atoms with Crippen molar-refractivity contribution in [2.24, 2.45) is 5.73 Å². The Kier molecular flexibility index (Phi) is 2.11. The molecule has 0 bridgehead atoms. The van der Waals surface area contributed by atoms with Crippen LogP contribution in [-0.2, 0) is 5.41 Å². The van der Waals surface area contributed by atoms with Crippen LogP contribution in [0.2, 0.25) is 0 Å². The lowest BCUT2D eigenvalue weighted by Crippen LogP contribution is -2.21. The molecule has 14 heavy (non-hydrogen) atoms. The van der Waals surface area contributed by atoms with Crippen molar-refractivity contribution in [2.75, 3.05) is 6.54 Å². The number of halogens is 1. The average Bonchev–Trinajstić information content (AvgIpc) is 2.92. The van der Waals surface area contributed by atoms with Gasteiger partial charge in [-0.3, -0.25) is 0 Å². The Labute approximate surface area is 84.1 Å². The van der Waals surface area contributed by atoms with Gasteiger partial charge in [-0.15, -0.1) is 0 Å². The van der Waals surface area contributed by atoms with Gasteiger partial charge < -0.3 is 5.73 Å². The third-order valence-electron chi connectivity index (χ3n) is 3.30. The smallest absolute Gasteiger partial charge is 0.126 e. The van der Waals surface area contributed by atoms with E-state index in [9.17, 15) is 4.39 Å². The standard InChI is InChI=1S/C12H16FN/c1-8-5-10(9(2)11(13)6-8)12(7-14)3-4-12/h5-6H,3-4,7,14H2,1-2H3. The molecule has 1 fully saturated rings. The maximum absolute atomic E-state index is 13.5. The Balaban J connectivity index is 2.52. The van der Waals surface area contributed by atoms with Gasteiger partial charge in [-0.05, 0) is 49.4 Å². The van der Waals surface area contributed by atoms with Gasteiger partial charge in [0, 0.05) is 12.0 Å².